The zero-order chi connectivity index (χ0) is 94.5. The molecule has 137 heavy (non-hydrogen) atoms. The van der Waals surface area contributed by atoms with Crippen LogP contribution in [0.3, 0.4) is 0 Å². The molecule has 25 rings (SSSR count). The molecule has 2 aliphatic heterocycles. The van der Waals surface area contributed by atoms with Crippen LogP contribution >= 0.6 is 0 Å². The third-order valence-corrected chi connectivity index (χ3v) is 32.2. The molecule has 0 atom stereocenters. The summed E-state index contributed by atoms with van der Waals surface area (Å²) >= 11 is 0. The number of fused-ring (bicyclic) bond motifs is 32. The fourth-order valence-corrected chi connectivity index (χ4v) is 25.2. The van der Waals surface area contributed by atoms with Crippen molar-refractivity contribution in [3.8, 4) is 78.1 Å². The number of hydrogen-bond acceptors (Lipinski definition) is 2. The zero-order valence-corrected chi connectivity index (χ0v) is 83.2. The van der Waals surface area contributed by atoms with Crippen LogP contribution in [0.5, 0.6) is 0 Å². The van der Waals surface area contributed by atoms with Gasteiger partial charge < -0.3 is 18.9 Å². The molecule has 670 valence electrons. The van der Waals surface area contributed by atoms with Crippen LogP contribution in [-0.2, 0) is 48.7 Å². The quantitative estimate of drug-likeness (QED) is 0.154. The van der Waals surface area contributed by atoms with Gasteiger partial charge in [-0.3, -0.25) is 0 Å². The van der Waals surface area contributed by atoms with Crippen molar-refractivity contribution in [3.63, 3.8) is 0 Å². The Morgan fingerprint density at radius 1 is 0.204 bits per heavy atom. The van der Waals surface area contributed by atoms with Gasteiger partial charge in [-0.1, -0.05) is 400 Å². The van der Waals surface area contributed by atoms with E-state index in [1.165, 1.54) is 222 Å². The molecule has 4 aliphatic carbocycles. The van der Waals surface area contributed by atoms with E-state index < -0.39 is 10.8 Å². The van der Waals surface area contributed by atoms with E-state index >= 15 is 0 Å². The van der Waals surface area contributed by atoms with Gasteiger partial charge in [0.1, 0.15) is 0 Å². The van der Waals surface area contributed by atoms with Crippen LogP contribution in [0, 0.1) is 0 Å². The van der Waals surface area contributed by atoms with Crippen molar-refractivity contribution in [3.05, 3.63) is 423 Å². The highest BCUT2D eigenvalue weighted by Gasteiger charge is 2.56. The van der Waals surface area contributed by atoms with Gasteiger partial charge in [-0.25, -0.2) is 0 Å². The largest absolute Gasteiger partial charge is 0.311 e. The molecule has 5 heteroatoms. The second-order valence-electron chi connectivity index (χ2n) is 47.6. The Hall–Kier alpha value is -14.0. The van der Waals surface area contributed by atoms with Gasteiger partial charge in [0, 0.05) is 66.8 Å². The number of rotatable bonds is 6. The Balaban J connectivity index is 0.816. The van der Waals surface area contributed by atoms with E-state index in [0.717, 1.165) is 34.1 Å². The monoisotopic (exact) mass is 1770 g/mol. The predicted octanol–water partition coefficient (Wildman–Crippen LogP) is 33.1. The Kier molecular flexibility index (Phi) is 17.8. The van der Waals surface area contributed by atoms with E-state index in [2.05, 4.69) is 504 Å². The number of aromatic nitrogens is 2. The van der Waals surface area contributed by atoms with E-state index in [1.807, 2.05) is 0 Å². The molecule has 4 heterocycles. The summed E-state index contributed by atoms with van der Waals surface area (Å²) in [5.74, 6) is 0. The Labute approximate surface area is 809 Å². The lowest BCUT2D eigenvalue weighted by Gasteiger charge is -2.46. The molecule has 2 spiro atoms. The van der Waals surface area contributed by atoms with Gasteiger partial charge >= 0.3 is 0 Å². The minimum atomic E-state index is -0.588. The fraction of sp³-hybridized carbons (Fsp3) is 0.227. The third-order valence-electron chi connectivity index (χ3n) is 32.2. The van der Waals surface area contributed by atoms with Crippen LogP contribution in [0.2, 0.25) is 0 Å². The molecule has 6 aliphatic rings. The van der Waals surface area contributed by atoms with Crippen molar-refractivity contribution < 1.29 is 0 Å². The normalized spacial score (nSPS) is 14.7. The Morgan fingerprint density at radius 3 is 0.803 bits per heavy atom. The molecule has 2 aromatic heterocycles. The number of nitrogens with zero attached hydrogens (tertiary/aromatic N) is 4. The van der Waals surface area contributed by atoms with Crippen LogP contribution in [0.25, 0.3) is 122 Å². The van der Waals surface area contributed by atoms with Crippen LogP contribution in [0.15, 0.2) is 340 Å². The molecular weight excluding hydrogens is 1650 g/mol. The standard InChI is InChI=1S/C132H119BN4/c1-124(2,3)80-54-62-111(99(72-80)78-66-82(126(7,8)9)70-83(67-78)127(10,11)12)136-115-76-87(134-109-52-36-28-44-97(109)119-113(134)64-58-95-93-42-26-34-50-105(93)131(121(95)119)101-46-30-22-38-89(101)90-39-23-31-47-102(90)131)56-60-107(115)133-108-61-57-88(135-110-53-37-29-45-98(110)120-114(135)65-59-96-94-43-27-35-51-106(94)132(122(96)120)103-48-32-24-40-91(103)92-41-25-33-49-104(92)132)77-116(108)137(118-75-86(130(19,20)21)74-117(136)123(118)133)112-63-55-81(125(4,5)6)73-100(112)79-68-84(128(13,14)15)71-85(69-79)129(16,17)18/h22-77H,1-21H3. The lowest BCUT2D eigenvalue weighted by Crippen LogP contribution is -2.61. The lowest BCUT2D eigenvalue weighted by molar-refractivity contribution is 0.568. The maximum atomic E-state index is 2.78. The second-order valence-corrected chi connectivity index (χ2v) is 47.6. The SMILES string of the molecule is CC(C)(C)c1cc(-c2cc(C(C)(C)C)ccc2N2c3cc(-n4c5ccccc5c5c6c(ccc54)-c4ccccc4C64c5ccccc5-c5ccccc54)ccc3B3c4ccc(-n5c6ccccc6c6c7c(ccc65)-c5ccccc5C75c6ccccc6-c6ccccc65)cc4N(c4ccc(C(C)(C)C)cc4-c4cc(C(C)(C)C)cc(C(C)(C)C)c4)c4cc(C(C)(C)C)cc2c43)cc(C(C)(C)C)c1. The molecule has 0 bridgehead atoms. The van der Waals surface area contributed by atoms with E-state index in [1.54, 1.807) is 0 Å². The van der Waals surface area contributed by atoms with Crippen molar-refractivity contribution in [1.29, 1.82) is 0 Å². The third kappa shape index (κ3) is 12.0. The number of benzene rings is 17. The maximum Gasteiger partial charge on any atom is 0.252 e. The van der Waals surface area contributed by atoms with E-state index in [4.69, 9.17) is 0 Å². The van der Waals surface area contributed by atoms with Gasteiger partial charge in [0.25, 0.3) is 6.71 Å². The van der Waals surface area contributed by atoms with Crippen molar-refractivity contribution in [2.24, 2.45) is 0 Å². The van der Waals surface area contributed by atoms with Gasteiger partial charge in [0.15, 0.2) is 0 Å². The first kappa shape index (κ1) is 84.7. The maximum absolute atomic E-state index is 2.78. The molecule has 4 nitrogen and oxygen atoms in total. The molecule has 0 fully saturated rings. The Bertz CT molecular complexity index is 7790. The number of hydrogen-bond donors (Lipinski definition) is 0. The van der Waals surface area contributed by atoms with Crippen molar-refractivity contribution >= 4 is 101 Å². The summed E-state index contributed by atoms with van der Waals surface area (Å²) in [6.07, 6.45) is 0. The van der Waals surface area contributed by atoms with Crippen LogP contribution in [0.1, 0.15) is 229 Å². The highest BCUT2D eigenvalue weighted by Crippen LogP contribution is 2.68. The first-order valence-corrected chi connectivity index (χ1v) is 49.8. The lowest BCUT2D eigenvalue weighted by atomic mass is 9.33. The summed E-state index contributed by atoms with van der Waals surface area (Å²) in [4.78, 5) is 5.56. The average molecular weight is 1770 g/mol. The van der Waals surface area contributed by atoms with Crippen LogP contribution < -0.4 is 26.2 Å². The zero-order valence-electron chi connectivity index (χ0n) is 83.2. The summed E-state index contributed by atoms with van der Waals surface area (Å²) in [7, 11) is 0. The predicted molar refractivity (Wildman–Crippen MR) is 584 cm³/mol. The summed E-state index contributed by atoms with van der Waals surface area (Å²) in [5, 5.41) is 5.04. The van der Waals surface area contributed by atoms with Crippen molar-refractivity contribution in [2.75, 3.05) is 9.80 Å². The summed E-state index contributed by atoms with van der Waals surface area (Å²) in [5.41, 5.74) is 50.0. The highest BCUT2D eigenvalue weighted by molar-refractivity contribution is 7.00. The first-order valence-electron chi connectivity index (χ1n) is 49.8. The van der Waals surface area contributed by atoms with Gasteiger partial charge in [-0.15, -0.1) is 0 Å². The van der Waals surface area contributed by atoms with E-state index in [9.17, 15) is 0 Å². The van der Waals surface area contributed by atoms with Gasteiger partial charge in [0.2, 0.25) is 0 Å². The molecule has 0 saturated carbocycles. The number of anilines is 6. The summed E-state index contributed by atoms with van der Waals surface area (Å²) < 4.78 is 5.28. The van der Waals surface area contributed by atoms with Crippen molar-refractivity contribution in [2.45, 2.75) is 194 Å². The van der Waals surface area contributed by atoms with Gasteiger partial charge in [0.05, 0.1) is 44.3 Å². The topological polar surface area (TPSA) is 16.3 Å². The first-order chi connectivity index (χ1) is 65.4. The van der Waals surface area contributed by atoms with E-state index in [0.29, 0.717) is 0 Å². The van der Waals surface area contributed by atoms with Crippen molar-refractivity contribution in [1.82, 2.24) is 9.13 Å². The molecule has 17 aromatic carbocycles. The highest BCUT2D eigenvalue weighted by atomic mass is 15.2. The molecular formula is C132H119BN4. The minimum Gasteiger partial charge on any atom is -0.311 e. The average Bonchev–Trinajstić information content (AvgIpc) is 1.48. The molecule has 0 unspecified atom stereocenters. The summed E-state index contributed by atoms with van der Waals surface area (Å²) in [6, 6.07) is 135. The molecule has 0 saturated heterocycles. The minimum absolute atomic E-state index is 0.164. The fourth-order valence-electron chi connectivity index (χ4n) is 25.2. The van der Waals surface area contributed by atoms with Crippen LogP contribution in [-0.4, -0.2) is 15.8 Å². The second kappa shape index (κ2) is 28.8. The van der Waals surface area contributed by atoms with Crippen LogP contribution in [0.4, 0.5) is 34.1 Å². The smallest absolute Gasteiger partial charge is 0.252 e. The molecule has 0 amide bonds. The molecule has 0 N–H and O–H groups in total. The molecule has 19 aromatic rings. The molecule has 0 radical (unpaired) electrons. The van der Waals surface area contributed by atoms with Gasteiger partial charge in [-0.05, 0) is 278 Å². The van der Waals surface area contributed by atoms with E-state index in [-0.39, 0.29) is 44.6 Å². The number of para-hydroxylation sites is 2. The summed E-state index contributed by atoms with van der Waals surface area (Å²) in [6.45, 7) is 50.0. The Morgan fingerprint density at radius 2 is 0.489 bits per heavy atom. The van der Waals surface area contributed by atoms with Gasteiger partial charge in [-0.2, -0.15) is 0 Å².